The van der Waals surface area contributed by atoms with Crippen LogP contribution in [0.15, 0.2) is 85.7 Å². The molecule has 2 saturated heterocycles. The van der Waals surface area contributed by atoms with Crippen molar-refractivity contribution in [1.29, 1.82) is 0 Å². The van der Waals surface area contributed by atoms with E-state index in [9.17, 15) is 10.1 Å². The lowest BCUT2D eigenvalue weighted by atomic mass is 10.2. The minimum absolute atomic E-state index is 0.0224. The van der Waals surface area contributed by atoms with Crippen LogP contribution in [0.1, 0.15) is 0 Å². The summed E-state index contributed by atoms with van der Waals surface area (Å²) in [4.78, 5) is 35.9. The Morgan fingerprint density at radius 1 is 0.600 bits per heavy atom. The van der Waals surface area contributed by atoms with Gasteiger partial charge in [0, 0.05) is 94.6 Å². The third-order valence-corrected chi connectivity index (χ3v) is 6.98. The van der Waals surface area contributed by atoms with Crippen molar-refractivity contribution in [2.75, 3.05) is 77.7 Å². The van der Waals surface area contributed by atoms with Gasteiger partial charge in [-0.15, -0.1) is 0 Å². The molecular formula is C28H32N10O2. The Balaban J connectivity index is 0.000000162. The van der Waals surface area contributed by atoms with E-state index in [0.29, 0.717) is 5.69 Å². The van der Waals surface area contributed by atoms with E-state index in [1.165, 1.54) is 23.6 Å². The molecule has 0 aromatic carbocycles. The van der Waals surface area contributed by atoms with Crippen LogP contribution in [0, 0.1) is 10.1 Å². The van der Waals surface area contributed by atoms with Gasteiger partial charge >= 0.3 is 0 Å². The van der Waals surface area contributed by atoms with Crippen molar-refractivity contribution in [3.05, 3.63) is 95.8 Å². The van der Waals surface area contributed by atoms with Crippen molar-refractivity contribution in [1.82, 2.24) is 19.9 Å². The van der Waals surface area contributed by atoms with E-state index in [-0.39, 0.29) is 5.69 Å². The highest BCUT2D eigenvalue weighted by molar-refractivity contribution is 5.51. The van der Waals surface area contributed by atoms with E-state index < -0.39 is 4.92 Å². The Morgan fingerprint density at radius 3 is 1.40 bits per heavy atom. The summed E-state index contributed by atoms with van der Waals surface area (Å²) in [5.74, 6) is 1.79. The SMILES string of the molecule is Nc1ccc(N2CCN(c3ccncc3)CC2)nc1.O=[N+]([O-])c1ccc(N2CCN(c3ccncc3)CC2)nc1. The zero-order chi connectivity index (χ0) is 27.7. The Kier molecular flexibility index (Phi) is 8.44. The molecule has 0 spiro atoms. The molecule has 6 heterocycles. The molecule has 2 aliphatic heterocycles. The molecule has 4 aromatic heterocycles. The van der Waals surface area contributed by atoms with E-state index in [4.69, 9.17) is 5.73 Å². The van der Waals surface area contributed by atoms with Gasteiger partial charge < -0.3 is 25.3 Å². The predicted molar refractivity (Wildman–Crippen MR) is 157 cm³/mol. The highest BCUT2D eigenvalue weighted by Gasteiger charge is 2.19. The smallest absolute Gasteiger partial charge is 0.287 e. The molecule has 2 N–H and O–H groups in total. The van der Waals surface area contributed by atoms with Crippen LogP contribution in [-0.4, -0.2) is 77.2 Å². The monoisotopic (exact) mass is 540 g/mol. The minimum Gasteiger partial charge on any atom is -0.397 e. The Bertz CT molecular complexity index is 1340. The lowest BCUT2D eigenvalue weighted by Gasteiger charge is -2.36. The molecule has 6 rings (SSSR count). The summed E-state index contributed by atoms with van der Waals surface area (Å²) in [7, 11) is 0. The molecule has 12 heteroatoms. The second kappa shape index (κ2) is 12.7. The fraction of sp³-hybridized carbons (Fsp3) is 0.286. The quantitative estimate of drug-likeness (QED) is 0.296. The van der Waals surface area contributed by atoms with E-state index in [1.807, 2.05) is 36.7 Å². The van der Waals surface area contributed by atoms with Gasteiger partial charge in [0.15, 0.2) is 0 Å². The number of aromatic nitrogens is 4. The van der Waals surface area contributed by atoms with Crippen LogP contribution in [0.25, 0.3) is 0 Å². The van der Waals surface area contributed by atoms with Crippen LogP contribution < -0.4 is 25.3 Å². The van der Waals surface area contributed by atoms with Crippen molar-refractivity contribution in [3.8, 4) is 0 Å². The maximum atomic E-state index is 10.6. The van der Waals surface area contributed by atoms with Crippen LogP contribution in [0.3, 0.4) is 0 Å². The number of anilines is 5. The largest absolute Gasteiger partial charge is 0.397 e. The van der Waals surface area contributed by atoms with Crippen LogP contribution in [0.2, 0.25) is 0 Å². The summed E-state index contributed by atoms with van der Waals surface area (Å²) < 4.78 is 0. The average Bonchev–Trinajstić information content (AvgIpc) is 3.03. The van der Waals surface area contributed by atoms with Crippen LogP contribution in [0.5, 0.6) is 0 Å². The lowest BCUT2D eigenvalue weighted by Crippen LogP contribution is -2.46. The topological polar surface area (TPSA) is 134 Å². The van der Waals surface area contributed by atoms with Gasteiger partial charge in [-0.05, 0) is 42.5 Å². The van der Waals surface area contributed by atoms with Gasteiger partial charge in [0.05, 0.1) is 16.8 Å². The van der Waals surface area contributed by atoms with Gasteiger partial charge in [0.25, 0.3) is 5.69 Å². The molecular weight excluding hydrogens is 508 g/mol. The van der Waals surface area contributed by atoms with Crippen molar-refractivity contribution in [3.63, 3.8) is 0 Å². The number of hydrogen-bond acceptors (Lipinski definition) is 11. The summed E-state index contributed by atoms with van der Waals surface area (Å²) in [6.07, 6.45) is 10.3. The molecule has 0 aliphatic carbocycles. The molecule has 206 valence electrons. The fourth-order valence-electron chi connectivity index (χ4n) is 4.76. The number of pyridine rings is 4. The molecule has 0 radical (unpaired) electrons. The Morgan fingerprint density at radius 2 is 1.02 bits per heavy atom. The highest BCUT2D eigenvalue weighted by Crippen LogP contribution is 2.21. The highest BCUT2D eigenvalue weighted by atomic mass is 16.6. The normalized spacial score (nSPS) is 15.3. The van der Waals surface area contributed by atoms with Crippen LogP contribution in [-0.2, 0) is 0 Å². The molecule has 0 amide bonds. The molecule has 4 aromatic rings. The summed E-state index contributed by atoms with van der Waals surface area (Å²) in [5.41, 5.74) is 8.79. The summed E-state index contributed by atoms with van der Waals surface area (Å²) in [6.45, 7) is 7.40. The van der Waals surface area contributed by atoms with Gasteiger partial charge in [0.2, 0.25) is 0 Å². The zero-order valence-corrected chi connectivity index (χ0v) is 22.2. The van der Waals surface area contributed by atoms with Gasteiger partial charge in [-0.25, -0.2) is 9.97 Å². The maximum Gasteiger partial charge on any atom is 0.287 e. The second-order valence-corrected chi connectivity index (χ2v) is 9.44. The van der Waals surface area contributed by atoms with Gasteiger partial charge in [-0.3, -0.25) is 20.1 Å². The van der Waals surface area contributed by atoms with Crippen molar-refractivity contribution < 1.29 is 4.92 Å². The number of nitrogen functional groups attached to an aromatic ring is 1. The summed E-state index contributed by atoms with van der Waals surface area (Å²) >= 11 is 0. The van der Waals surface area contributed by atoms with E-state index in [1.54, 1.807) is 24.7 Å². The Labute approximate surface area is 232 Å². The van der Waals surface area contributed by atoms with E-state index in [0.717, 1.165) is 64.0 Å². The standard InChI is InChI=1S/C14H15N5O2.C14H17N5/c20-19(21)13-1-2-14(16-11-13)18-9-7-17(8-10-18)12-3-5-15-6-4-12;15-12-1-2-14(17-11-12)19-9-7-18(8-10-19)13-3-5-16-6-4-13/h1-6,11H,7-10H2;1-6,11H,7-10,15H2. The third-order valence-electron chi connectivity index (χ3n) is 6.98. The number of nitro groups is 1. The summed E-state index contributed by atoms with van der Waals surface area (Å²) in [6, 6.07) is 15.2. The predicted octanol–water partition coefficient (Wildman–Crippen LogP) is 3.10. The molecule has 2 aliphatic rings. The molecule has 40 heavy (non-hydrogen) atoms. The third kappa shape index (κ3) is 6.70. The first-order valence-corrected chi connectivity index (χ1v) is 13.2. The maximum absolute atomic E-state index is 10.6. The number of hydrogen-bond donors (Lipinski definition) is 1. The van der Waals surface area contributed by atoms with Gasteiger partial charge in [-0.1, -0.05) is 0 Å². The van der Waals surface area contributed by atoms with Gasteiger partial charge in [-0.2, -0.15) is 0 Å². The fourth-order valence-corrected chi connectivity index (χ4v) is 4.76. The second-order valence-electron chi connectivity index (χ2n) is 9.44. The van der Waals surface area contributed by atoms with Crippen molar-refractivity contribution >= 4 is 34.4 Å². The molecule has 2 fully saturated rings. The first kappa shape index (κ1) is 26.6. The molecule has 0 atom stereocenters. The zero-order valence-electron chi connectivity index (χ0n) is 22.2. The van der Waals surface area contributed by atoms with Crippen molar-refractivity contribution in [2.24, 2.45) is 0 Å². The lowest BCUT2D eigenvalue weighted by molar-refractivity contribution is -0.385. The van der Waals surface area contributed by atoms with E-state index >= 15 is 0 Å². The molecule has 0 bridgehead atoms. The number of nitrogens with two attached hydrogens (primary N) is 1. The minimum atomic E-state index is -0.432. The van der Waals surface area contributed by atoms with E-state index in [2.05, 4.69) is 51.7 Å². The van der Waals surface area contributed by atoms with Crippen LogP contribution >= 0.6 is 0 Å². The van der Waals surface area contributed by atoms with Crippen molar-refractivity contribution in [2.45, 2.75) is 0 Å². The number of rotatable bonds is 5. The number of nitrogens with zero attached hydrogens (tertiary/aromatic N) is 9. The molecule has 12 nitrogen and oxygen atoms in total. The molecule has 0 unspecified atom stereocenters. The first-order chi connectivity index (χ1) is 19.6. The first-order valence-electron chi connectivity index (χ1n) is 13.2. The number of piperazine rings is 2. The molecule has 0 saturated carbocycles. The summed E-state index contributed by atoms with van der Waals surface area (Å²) in [5, 5.41) is 10.6. The Hall–Kier alpha value is -5.00. The van der Waals surface area contributed by atoms with Crippen LogP contribution in [0.4, 0.5) is 34.4 Å². The average molecular weight is 541 g/mol. The van der Waals surface area contributed by atoms with Gasteiger partial charge in [0.1, 0.15) is 17.8 Å².